The zero-order valence-corrected chi connectivity index (χ0v) is 15.2. The summed E-state index contributed by atoms with van der Waals surface area (Å²) in [6.07, 6.45) is 10.4. The number of rotatable bonds is 5. The summed E-state index contributed by atoms with van der Waals surface area (Å²) in [5.74, 6) is 1.42. The third-order valence-corrected chi connectivity index (χ3v) is 5.78. The van der Waals surface area contributed by atoms with Gasteiger partial charge in [-0.15, -0.1) is 0 Å². The average molecular weight is 356 g/mol. The molecule has 0 radical (unpaired) electrons. The molecule has 1 saturated heterocycles. The molecule has 6 heteroatoms. The summed E-state index contributed by atoms with van der Waals surface area (Å²) in [5.41, 5.74) is 0.748. The normalized spacial score (nSPS) is 23.7. The topological polar surface area (TPSA) is 74.3 Å². The van der Waals surface area contributed by atoms with Crippen molar-refractivity contribution in [1.29, 1.82) is 0 Å². The van der Waals surface area contributed by atoms with Gasteiger partial charge in [-0.1, -0.05) is 12.8 Å². The van der Waals surface area contributed by atoms with Crippen LogP contribution in [0.3, 0.4) is 0 Å². The molecule has 2 saturated carbocycles. The van der Waals surface area contributed by atoms with Crippen molar-refractivity contribution in [1.82, 2.24) is 10.3 Å². The predicted octanol–water partition coefficient (Wildman–Crippen LogP) is 2.71. The molecule has 1 aliphatic heterocycles. The number of hydrogen-bond acceptors (Lipinski definition) is 4. The Morgan fingerprint density at radius 2 is 1.77 bits per heavy atom. The number of amides is 2. The van der Waals surface area contributed by atoms with Gasteiger partial charge in [0.05, 0.1) is 17.8 Å². The van der Waals surface area contributed by atoms with Crippen LogP contribution in [-0.2, 0) is 9.59 Å². The molecule has 6 nitrogen and oxygen atoms in total. The van der Waals surface area contributed by atoms with Crippen LogP contribution in [0, 0.1) is 11.8 Å². The van der Waals surface area contributed by atoms with E-state index in [-0.39, 0.29) is 23.7 Å². The molecule has 1 aromatic heterocycles. The molecule has 3 fully saturated rings. The molecule has 2 amide bonds. The van der Waals surface area contributed by atoms with E-state index >= 15 is 0 Å². The Hall–Kier alpha value is -2.11. The summed E-state index contributed by atoms with van der Waals surface area (Å²) >= 11 is 0. The number of anilines is 2. The van der Waals surface area contributed by atoms with Crippen LogP contribution in [0.15, 0.2) is 18.3 Å². The Morgan fingerprint density at radius 3 is 2.46 bits per heavy atom. The largest absolute Gasteiger partial charge is 0.356 e. The molecular weight excluding hydrogens is 328 g/mol. The molecule has 2 aliphatic carbocycles. The molecule has 140 valence electrons. The highest BCUT2D eigenvalue weighted by Crippen LogP contribution is 2.30. The van der Waals surface area contributed by atoms with Crippen LogP contribution in [0.1, 0.15) is 51.4 Å². The lowest BCUT2D eigenvalue weighted by Gasteiger charge is -2.33. The van der Waals surface area contributed by atoms with Gasteiger partial charge in [0, 0.05) is 25.0 Å². The van der Waals surface area contributed by atoms with Crippen molar-refractivity contribution in [2.24, 2.45) is 11.8 Å². The van der Waals surface area contributed by atoms with Gasteiger partial charge in [-0.3, -0.25) is 9.59 Å². The van der Waals surface area contributed by atoms with Crippen molar-refractivity contribution in [2.45, 2.75) is 57.4 Å². The van der Waals surface area contributed by atoms with Gasteiger partial charge in [-0.05, 0) is 50.7 Å². The quantitative estimate of drug-likeness (QED) is 0.851. The Kier molecular flexibility index (Phi) is 5.09. The first-order valence-electron chi connectivity index (χ1n) is 10.0. The molecule has 2 heterocycles. The van der Waals surface area contributed by atoms with Crippen LogP contribution < -0.4 is 15.5 Å². The van der Waals surface area contributed by atoms with Crippen LogP contribution in [0.5, 0.6) is 0 Å². The van der Waals surface area contributed by atoms with Gasteiger partial charge < -0.3 is 15.5 Å². The highest BCUT2D eigenvalue weighted by molar-refractivity contribution is 5.93. The van der Waals surface area contributed by atoms with E-state index in [9.17, 15) is 9.59 Å². The third kappa shape index (κ3) is 4.17. The number of carbonyl (C=O) groups is 2. The lowest BCUT2D eigenvalue weighted by atomic mass is 9.96. The van der Waals surface area contributed by atoms with Crippen LogP contribution in [0.25, 0.3) is 0 Å². The first kappa shape index (κ1) is 17.3. The summed E-state index contributed by atoms with van der Waals surface area (Å²) in [5, 5.41) is 6.15. The Labute approximate surface area is 154 Å². The van der Waals surface area contributed by atoms with Gasteiger partial charge >= 0.3 is 0 Å². The van der Waals surface area contributed by atoms with Crippen LogP contribution in [0.2, 0.25) is 0 Å². The fourth-order valence-electron chi connectivity index (χ4n) is 4.03. The van der Waals surface area contributed by atoms with Gasteiger partial charge in [-0.25, -0.2) is 4.98 Å². The Morgan fingerprint density at radius 1 is 0.962 bits per heavy atom. The maximum absolute atomic E-state index is 12.6. The lowest BCUT2D eigenvalue weighted by molar-refractivity contribution is -0.126. The van der Waals surface area contributed by atoms with Crippen molar-refractivity contribution in [2.75, 3.05) is 23.3 Å². The van der Waals surface area contributed by atoms with E-state index in [2.05, 4.69) is 20.5 Å². The van der Waals surface area contributed by atoms with Crippen LogP contribution >= 0.6 is 0 Å². The molecular formula is C20H28N4O2. The number of hydrogen-bond donors (Lipinski definition) is 2. The van der Waals surface area contributed by atoms with Gasteiger partial charge in [0.25, 0.3) is 0 Å². The molecule has 2 N–H and O–H groups in total. The van der Waals surface area contributed by atoms with E-state index in [1.165, 1.54) is 12.8 Å². The molecule has 0 spiro atoms. The van der Waals surface area contributed by atoms with E-state index in [1.54, 1.807) is 6.20 Å². The van der Waals surface area contributed by atoms with Gasteiger partial charge in [0.1, 0.15) is 5.82 Å². The van der Waals surface area contributed by atoms with Crippen molar-refractivity contribution < 1.29 is 9.59 Å². The zero-order chi connectivity index (χ0) is 17.9. The Bertz CT molecular complexity index is 650. The van der Waals surface area contributed by atoms with E-state index in [4.69, 9.17) is 0 Å². The molecule has 26 heavy (non-hydrogen) atoms. The van der Waals surface area contributed by atoms with E-state index < -0.39 is 0 Å². The predicted molar refractivity (Wildman–Crippen MR) is 101 cm³/mol. The van der Waals surface area contributed by atoms with Crippen LogP contribution in [-0.4, -0.2) is 35.9 Å². The highest BCUT2D eigenvalue weighted by atomic mass is 16.2. The number of pyridine rings is 1. The smallest absolute Gasteiger partial charge is 0.227 e. The summed E-state index contributed by atoms with van der Waals surface area (Å²) in [4.78, 5) is 31.1. The Balaban J connectivity index is 1.33. The van der Waals surface area contributed by atoms with Gasteiger partial charge in [0.15, 0.2) is 0 Å². The number of aromatic nitrogens is 1. The van der Waals surface area contributed by atoms with Gasteiger partial charge in [-0.2, -0.15) is 0 Å². The molecule has 4 rings (SSSR count). The summed E-state index contributed by atoms with van der Waals surface area (Å²) < 4.78 is 0. The minimum Gasteiger partial charge on any atom is -0.356 e. The van der Waals surface area contributed by atoms with E-state index in [0.29, 0.717) is 6.04 Å². The second-order valence-electron chi connectivity index (χ2n) is 7.94. The SMILES string of the molecule is O=C(Nc1ccc(N2CCCC(C(=O)NC3CCCC3)C2)nc1)C1CC1. The second kappa shape index (κ2) is 7.64. The fourth-order valence-corrected chi connectivity index (χ4v) is 4.03. The summed E-state index contributed by atoms with van der Waals surface area (Å²) in [7, 11) is 0. The number of nitrogens with zero attached hydrogens (tertiary/aromatic N) is 2. The first-order valence-corrected chi connectivity index (χ1v) is 10.0. The zero-order valence-electron chi connectivity index (χ0n) is 15.2. The van der Waals surface area contributed by atoms with Crippen molar-refractivity contribution >= 4 is 23.3 Å². The van der Waals surface area contributed by atoms with E-state index in [0.717, 1.165) is 63.1 Å². The summed E-state index contributed by atoms with van der Waals surface area (Å²) in [6.45, 7) is 1.65. The number of nitrogens with one attached hydrogen (secondary N) is 2. The maximum Gasteiger partial charge on any atom is 0.227 e. The van der Waals surface area contributed by atoms with E-state index in [1.807, 2.05) is 12.1 Å². The molecule has 1 unspecified atom stereocenters. The minimum absolute atomic E-state index is 0.0420. The standard InChI is InChI=1S/C20H28N4O2/c25-19(14-7-8-14)23-17-9-10-18(21-12-17)24-11-3-4-15(13-24)20(26)22-16-5-1-2-6-16/h9-10,12,14-16H,1-8,11,13H2,(H,22,26)(H,23,25). The molecule has 0 bridgehead atoms. The fraction of sp³-hybridized carbons (Fsp3) is 0.650. The molecule has 1 atom stereocenters. The van der Waals surface area contributed by atoms with Crippen molar-refractivity contribution in [3.05, 3.63) is 18.3 Å². The number of carbonyl (C=O) groups excluding carboxylic acids is 2. The second-order valence-corrected chi connectivity index (χ2v) is 7.94. The third-order valence-electron chi connectivity index (χ3n) is 5.78. The molecule has 0 aromatic carbocycles. The molecule has 3 aliphatic rings. The highest BCUT2D eigenvalue weighted by Gasteiger charge is 2.30. The summed E-state index contributed by atoms with van der Waals surface area (Å²) in [6, 6.07) is 4.23. The first-order chi connectivity index (χ1) is 12.7. The lowest BCUT2D eigenvalue weighted by Crippen LogP contribution is -2.45. The number of piperidine rings is 1. The monoisotopic (exact) mass is 356 g/mol. The van der Waals surface area contributed by atoms with Crippen LogP contribution in [0.4, 0.5) is 11.5 Å². The van der Waals surface area contributed by atoms with Gasteiger partial charge in [0.2, 0.25) is 11.8 Å². The minimum atomic E-state index is 0.0420. The molecule has 1 aromatic rings. The maximum atomic E-state index is 12.6. The van der Waals surface area contributed by atoms with Crippen molar-refractivity contribution in [3.63, 3.8) is 0 Å². The van der Waals surface area contributed by atoms with Crippen molar-refractivity contribution in [3.8, 4) is 0 Å². The average Bonchev–Trinajstić information content (AvgIpc) is 3.40.